The molecule has 0 aromatic carbocycles. The number of halogens is 1. The number of carbonyl (C=O) groups excluding carboxylic acids is 1. The quantitative estimate of drug-likeness (QED) is 0.911. The van der Waals surface area contributed by atoms with E-state index in [9.17, 15) is 4.79 Å². The van der Waals surface area contributed by atoms with Crippen molar-refractivity contribution in [3.63, 3.8) is 0 Å². The zero-order valence-electron chi connectivity index (χ0n) is 12.0. The minimum absolute atomic E-state index is 0.0475. The number of nitrogens with zero attached hydrogens (tertiary/aromatic N) is 1. The molecular weight excluding hydrogens is 292 g/mol. The Morgan fingerprint density at radius 3 is 2.40 bits per heavy atom. The summed E-state index contributed by atoms with van der Waals surface area (Å²) in [4.78, 5) is 15.8. The molecule has 1 spiro atoms. The van der Waals surface area contributed by atoms with Gasteiger partial charge in [0.05, 0.1) is 16.4 Å². The third-order valence-electron chi connectivity index (χ3n) is 5.26. The van der Waals surface area contributed by atoms with Crippen molar-refractivity contribution in [2.24, 2.45) is 5.41 Å². The van der Waals surface area contributed by atoms with Gasteiger partial charge in [-0.25, -0.2) is 0 Å². The second-order valence-corrected chi connectivity index (χ2v) is 8.05. The first-order valence-corrected chi connectivity index (χ1v) is 8.35. The third kappa shape index (κ3) is 2.13. The molecule has 0 amide bonds. The van der Waals surface area contributed by atoms with E-state index in [1.807, 2.05) is 6.07 Å². The topological polar surface area (TPSA) is 32.3 Å². The van der Waals surface area contributed by atoms with Crippen molar-refractivity contribution in [1.29, 1.82) is 0 Å². The van der Waals surface area contributed by atoms with E-state index in [0.717, 1.165) is 36.6 Å². The van der Waals surface area contributed by atoms with Gasteiger partial charge in [-0.3, -0.25) is 9.69 Å². The molecule has 1 aromatic heterocycles. The summed E-state index contributed by atoms with van der Waals surface area (Å²) in [5, 5.41) is 3.25. The average molecular weight is 313 g/mol. The first kappa shape index (κ1) is 14.5. The molecule has 110 valence electrons. The highest BCUT2D eigenvalue weighted by molar-refractivity contribution is 7.16. The molecule has 0 atom stereocenters. The van der Waals surface area contributed by atoms with Crippen LogP contribution in [0.3, 0.4) is 0 Å². The van der Waals surface area contributed by atoms with E-state index in [2.05, 4.69) is 30.4 Å². The number of hydrogen-bond donors (Lipinski definition) is 1. The second-order valence-electron chi connectivity index (χ2n) is 6.34. The molecule has 0 bridgehead atoms. The van der Waals surface area contributed by atoms with Gasteiger partial charge in [0.25, 0.3) is 0 Å². The summed E-state index contributed by atoms with van der Waals surface area (Å²) in [6.45, 7) is 1.42. The fourth-order valence-corrected chi connectivity index (χ4v) is 5.15. The van der Waals surface area contributed by atoms with E-state index >= 15 is 0 Å². The molecule has 1 aliphatic heterocycles. The van der Waals surface area contributed by atoms with Crippen molar-refractivity contribution in [2.75, 3.05) is 27.2 Å². The van der Waals surface area contributed by atoms with Crippen LogP contribution in [0.2, 0.25) is 4.34 Å². The number of rotatable bonds is 2. The first-order valence-electron chi connectivity index (χ1n) is 7.16. The van der Waals surface area contributed by atoms with Crippen LogP contribution in [0.25, 0.3) is 0 Å². The van der Waals surface area contributed by atoms with Crippen LogP contribution < -0.4 is 5.32 Å². The third-order valence-corrected chi connectivity index (χ3v) is 6.69. The summed E-state index contributed by atoms with van der Waals surface area (Å²) in [6.07, 6.45) is 4.02. The molecule has 1 aliphatic carbocycles. The lowest BCUT2D eigenvalue weighted by Crippen LogP contribution is -2.48. The Morgan fingerprint density at radius 2 is 1.95 bits per heavy atom. The normalized spacial score (nSPS) is 34.3. The number of nitrogens with one attached hydrogen (secondary N) is 1. The average Bonchev–Trinajstić information content (AvgIpc) is 2.99. The molecule has 1 N–H and O–H groups in total. The molecule has 3 rings (SSSR count). The number of Topliss-reactive ketones (excluding diaryl/α,β-unsaturated/α-hetero) is 1. The molecule has 0 radical (unpaired) electrons. The van der Waals surface area contributed by atoms with Crippen molar-refractivity contribution < 1.29 is 4.79 Å². The molecule has 1 saturated carbocycles. The van der Waals surface area contributed by atoms with Gasteiger partial charge in [-0.1, -0.05) is 11.6 Å². The van der Waals surface area contributed by atoms with E-state index in [0.29, 0.717) is 12.3 Å². The summed E-state index contributed by atoms with van der Waals surface area (Å²) in [6, 6.07) is 4.14. The summed E-state index contributed by atoms with van der Waals surface area (Å²) >= 11 is 7.80. The first-order chi connectivity index (χ1) is 9.48. The van der Waals surface area contributed by atoms with Gasteiger partial charge in [0.15, 0.2) is 5.78 Å². The summed E-state index contributed by atoms with van der Waals surface area (Å²) in [7, 11) is 4.28. The van der Waals surface area contributed by atoms with Crippen molar-refractivity contribution in [2.45, 2.75) is 31.2 Å². The SMILES string of the molecule is CN(C)C1(c2ccc(Cl)s2)CCC2(CC1)CNCC2=O. The summed E-state index contributed by atoms with van der Waals surface area (Å²) < 4.78 is 0.847. The molecule has 1 saturated heterocycles. The van der Waals surface area contributed by atoms with Gasteiger partial charge < -0.3 is 5.32 Å². The molecule has 0 unspecified atom stereocenters. The van der Waals surface area contributed by atoms with E-state index in [1.54, 1.807) is 11.3 Å². The van der Waals surface area contributed by atoms with Crippen LogP contribution >= 0.6 is 22.9 Å². The Morgan fingerprint density at radius 1 is 1.25 bits per heavy atom. The Kier molecular flexibility index (Phi) is 3.70. The van der Waals surface area contributed by atoms with Crippen molar-refractivity contribution in [3.05, 3.63) is 21.3 Å². The van der Waals surface area contributed by atoms with Crippen molar-refractivity contribution in [1.82, 2.24) is 10.2 Å². The maximum Gasteiger partial charge on any atom is 0.154 e. The molecule has 20 heavy (non-hydrogen) atoms. The highest BCUT2D eigenvalue weighted by Crippen LogP contribution is 2.51. The standard InChI is InChI=1S/C15H21ClN2OS/c1-18(2)15(12-3-4-13(16)20-12)7-5-14(6-8-15)10-17-9-11(14)19/h3-4,17H,5-10H2,1-2H3. The predicted octanol–water partition coefficient (Wildman–Crippen LogP) is 2.89. The largest absolute Gasteiger partial charge is 0.309 e. The minimum atomic E-state index is -0.0967. The van der Waals surface area contributed by atoms with E-state index in [4.69, 9.17) is 11.6 Å². The van der Waals surface area contributed by atoms with Gasteiger partial charge >= 0.3 is 0 Å². The Bertz CT molecular complexity index is 518. The fraction of sp³-hybridized carbons (Fsp3) is 0.667. The van der Waals surface area contributed by atoms with Crippen LogP contribution in [0.1, 0.15) is 30.6 Å². The van der Waals surface area contributed by atoms with Crippen LogP contribution in [0, 0.1) is 5.41 Å². The molecule has 2 aliphatic rings. The molecule has 1 aromatic rings. The summed E-state index contributed by atoms with van der Waals surface area (Å²) in [5.41, 5.74) is -0.0491. The van der Waals surface area contributed by atoms with Gasteiger partial charge in [0.1, 0.15) is 0 Å². The Hall–Kier alpha value is -0.420. The van der Waals surface area contributed by atoms with Gasteiger partial charge in [-0.15, -0.1) is 11.3 Å². The van der Waals surface area contributed by atoms with Crippen LogP contribution in [-0.4, -0.2) is 37.9 Å². The van der Waals surface area contributed by atoms with Crippen LogP contribution in [0.15, 0.2) is 12.1 Å². The lowest BCUT2D eigenvalue weighted by atomic mass is 9.65. The zero-order chi connectivity index (χ0) is 14.4. The molecule has 2 heterocycles. The predicted molar refractivity (Wildman–Crippen MR) is 83.5 cm³/mol. The highest BCUT2D eigenvalue weighted by Gasteiger charge is 2.50. The van der Waals surface area contributed by atoms with Crippen molar-refractivity contribution >= 4 is 28.7 Å². The maximum absolute atomic E-state index is 12.2. The monoisotopic (exact) mass is 312 g/mol. The highest BCUT2D eigenvalue weighted by atomic mass is 35.5. The zero-order valence-corrected chi connectivity index (χ0v) is 13.6. The van der Waals surface area contributed by atoms with E-state index < -0.39 is 0 Å². The molecule has 2 fully saturated rings. The van der Waals surface area contributed by atoms with Gasteiger partial charge in [-0.2, -0.15) is 0 Å². The van der Waals surface area contributed by atoms with Gasteiger partial charge in [0.2, 0.25) is 0 Å². The Labute approximate surface area is 129 Å². The van der Waals surface area contributed by atoms with Crippen LogP contribution in [0.4, 0.5) is 0 Å². The van der Waals surface area contributed by atoms with Crippen molar-refractivity contribution in [3.8, 4) is 0 Å². The van der Waals surface area contributed by atoms with Crippen LogP contribution in [0.5, 0.6) is 0 Å². The minimum Gasteiger partial charge on any atom is -0.309 e. The van der Waals surface area contributed by atoms with E-state index in [1.165, 1.54) is 4.88 Å². The molecule has 3 nitrogen and oxygen atoms in total. The number of hydrogen-bond acceptors (Lipinski definition) is 4. The maximum atomic E-state index is 12.2. The number of carbonyl (C=O) groups is 1. The Balaban J connectivity index is 1.87. The number of ketones is 1. The lowest BCUT2D eigenvalue weighted by molar-refractivity contribution is -0.127. The molecule has 5 heteroatoms. The number of thiophene rings is 1. The molecular formula is C15H21ClN2OS. The lowest BCUT2D eigenvalue weighted by Gasteiger charge is -2.47. The van der Waals surface area contributed by atoms with Gasteiger partial charge in [-0.05, 0) is 51.9 Å². The second kappa shape index (κ2) is 5.09. The van der Waals surface area contributed by atoms with Crippen LogP contribution in [-0.2, 0) is 10.3 Å². The summed E-state index contributed by atoms with van der Waals surface area (Å²) in [5.74, 6) is 0.411. The smallest absolute Gasteiger partial charge is 0.154 e. The van der Waals surface area contributed by atoms with E-state index in [-0.39, 0.29) is 11.0 Å². The fourth-order valence-electron chi connectivity index (χ4n) is 3.78. The van der Waals surface area contributed by atoms with Gasteiger partial charge in [0, 0.05) is 16.8 Å².